The van der Waals surface area contributed by atoms with Gasteiger partial charge in [-0.25, -0.2) is 8.42 Å². The molecule has 0 bridgehead atoms. The van der Waals surface area contributed by atoms with Crippen molar-refractivity contribution in [2.45, 2.75) is 44.6 Å². The van der Waals surface area contributed by atoms with E-state index >= 15 is 0 Å². The molecule has 1 atom stereocenters. The van der Waals surface area contributed by atoms with Crippen molar-refractivity contribution in [1.82, 2.24) is 5.32 Å². The molecule has 1 N–H and O–H groups in total. The van der Waals surface area contributed by atoms with Crippen molar-refractivity contribution in [3.8, 4) is 5.75 Å². The van der Waals surface area contributed by atoms with Crippen molar-refractivity contribution in [3.05, 3.63) is 82.9 Å². The molecule has 0 spiro atoms. The molecule has 39 heavy (non-hydrogen) atoms. The third-order valence-corrected chi connectivity index (χ3v) is 9.32. The van der Waals surface area contributed by atoms with Crippen molar-refractivity contribution >= 4 is 38.9 Å². The molecule has 4 rings (SSSR count). The number of sulfonamides is 1. The van der Waals surface area contributed by atoms with Gasteiger partial charge in [-0.1, -0.05) is 48.4 Å². The molecule has 0 saturated carbocycles. The van der Waals surface area contributed by atoms with Gasteiger partial charge in [0.15, 0.2) is 0 Å². The van der Waals surface area contributed by atoms with Crippen LogP contribution in [0.25, 0.3) is 0 Å². The van der Waals surface area contributed by atoms with Gasteiger partial charge >= 0.3 is 0 Å². The average Bonchev–Trinajstić information content (AvgIpc) is 2.92. The number of ether oxygens (including phenoxy) is 1. The highest BCUT2D eigenvalue weighted by Crippen LogP contribution is 2.32. The average molecular weight is 570 g/mol. The van der Waals surface area contributed by atoms with Gasteiger partial charge in [-0.2, -0.15) is 0 Å². The number of amides is 1. The van der Waals surface area contributed by atoms with E-state index in [-0.39, 0.29) is 21.6 Å². The summed E-state index contributed by atoms with van der Waals surface area (Å²) in [6.07, 6.45) is 2.38. The molecule has 208 valence electrons. The minimum atomic E-state index is -4.06. The zero-order chi connectivity index (χ0) is 28.2. The van der Waals surface area contributed by atoms with Crippen LogP contribution in [0.3, 0.4) is 0 Å². The Morgan fingerprint density at radius 1 is 1.08 bits per heavy atom. The van der Waals surface area contributed by atoms with E-state index in [1.54, 1.807) is 24.3 Å². The van der Waals surface area contributed by atoms with Crippen LogP contribution >= 0.6 is 11.6 Å². The fourth-order valence-corrected chi connectivity index (χ4v) is 6.37. The second kappa shape index (κ2) is 12.3. The van der Waals surface area contributed by atoms with Gasteiger partial charge in [0.2, 0.25) is 5.91 Å². The molecule has 1 unspecified atom stereocenters. The molecule has 1 aliphatic rings. The van der Waals surface area contributed by atoms with Crippen LogP contribution in [-0.2, 0) is 14.8 Å². The predicted molar refractivity (Wildman–Crippen MR) is 157 cm³/mol. The van der Waals surface area contributed by atoms with Crippen LogP contribution < -0.4 is 19.3 Å². The summed E-state index contributed by atoms with van der Waals surface area (Å²) in [7, 11) is -2.58. The van der Waals surface area contributed by atoms with E-state index in [9.17, 15) is 13.2 Å². The molecule has 1 fully saturated rings. The predicted octanol–water partition coefficient (Wildman–Crippen LogP) is 5.97. The standard InChI is InChI=1S/C30H36ClN3O4S/c1-21-5-12-27(13-6-21)39(36,37)34(26-11-14-29(38-4)28(31)19-26)20-30(35)32-23(3)24-7-9-25(10-8-24)33-17-15-22(2)16-18-33/h5-14,19,22-23H,15-18,20H2,1-4H3,(H,32,35). The number of hydrogen-bond acceptors (Lipinski definition) is 5. The third kappa shape index (κ3) is 6.86. The van der Waals surface area contributed by atoms with E-state index < -0.39 is 22.5 Å². The van der Waals surface area contributed by atoms with Gasteiger partial charge in [-0.05, 0) is 80.6 Å². The number of hydrogen-bond donors (Lipinski definition) is 1. The maximum atomic E-state index is 13.7. The number of carbonyl (C=O) groups is 1. The monoisotopic (exact) mass is 569 g/mol. The largest absolute Gasteiger partial charge is 0.495 e. The Hall–Kier alpha value is -3.23. The van der Waals surface area contributed by atoms with Crippen molar-refractivity contribution in [3.63, 3.8) is 0 Å². The number of carbonyl (C=O) groups excluding carboxylic acids is 1. The molecule has 0 aromatic heterocycles. The number of halogens is 1. The smallest absolute Gasteiger partial charge is 0.264 e. The van der Waals surface area contributed by atoms with Crippen LogP contribution in [0, 0.1) is 12.8 Å². The van der Waals surface area contributed by atoms with Crippen molar-refractivity contribution in [2.24, 2.45) is 5.92 Å². The Bertz CT molecular complexity index is 1390. The van der Waals surface area contributed by atoms with Crippen LogP contribution in [-0.4, -0.2) is 41.1 Å². The number of nitrogens with one attached hydrogen (secondary N) is 1. The summed E-state index contributed by atoms with van der Waals surface area (Å²) in [5.74, 6) is 0.743. The van der Waals surface area contributed by atoms with Gasteiger partial charge in [0.05, 0.1) is 28.8 Å². The number of rotatable bonds is 9. The van der Waals surface area contributed by atoms with Gasteiger partial charge in [-0.15, -0.1) is 0 Å². The summed E-state index contributed by atoms with van der Waals surface area (Å²) < 4.78 is 33.6. The SMILES string of the molecule is COc1ccc(N(CC(=O)NC(C)c2ccc(N3CCC(C)CC3)cc2)S(=O)(=O)c2ccc(C)cc2)cc1Cl. The van der Waals surface area contributed by atoms with Crippen LogP contribution in [0.15, 0.2) is 71.6 Å². The van der Waals surface area contributed by atoms with Crippen LogP contribution in [0.2, 0.25) is 5.02 Å². The number of nitrogens with zero attached hydrogens (tertiary/aromatic N) is 2. The van der Waals surface area contributed by atoms with E-state index in [0.29, 0.717) is 5.75 Å². The number of aryl methyl sites for hydroxylation is 1. The second-order valence-corrected chi connectivity index (χ2v) is 12.5. The van der Waals surface area contributed by atoms with E-state index in [1.165, 1.54) is 43.8 Å². The van der Waals surface area contributed by atoms with E-state index in [1.807, 2.05) is 26.0 Å². The molecule has 3 aromatic carbocycles. The minimum Gasteiger partial charge on any atom is -0.495 e. The van der Waals surface area contributed by atoms with Crippen LogP contribution in [0.5, 0.6) is 5.75 Å². The molecule has 0 aliphatic carbocycles. The van der Waals surface area contributed by atoms with Gasteiger partial charge in [-0.3, -0.25) is 9.10 Å². The quantitative estimate of drug-likeness (QED) is 0.344. The molecule has 7 nitrogen and oxygen atoms in total. The highest BCUT2D eigenvalue weighted by molar-refractivity contribution is 7.92. The van der Waals surface area contributed by atoms with E-state index in [4.69, 9.17) is 16.3 Å². The lowest BCUT2D eigenvalue weighted by molar-refractivity contribution is -0.120. The van der Waals surface area contributed by atoms with Crippen molar-refractivity contribution < 1.29 is 17.9 Å². The molecule has 9 heteroatoms. The summed E-state index contributed by atoms with van der Waals surface area (Å²) in [4.78, 5) is 15.7. The number of anilines is 2. The maximum absolute atomic E-state index is 13.7. The molecular weight excluding hydrogens is 534 g/mol. The number of methoxy groups -OCH3 is 1. The zero-order valence-corrected chi connectivity index (χ0v) is 24.4. The lowest BCUT2D eigenvalue weighted by atomic mass is 9.98. The minimum absolute atomic E-state index is 0.0867. The highest BCUT2D eigenvalue weighted by Gasteiger charge is 2.28. The lowest BCUT2D eigenvalue weighted by Gasteiger charge is -2.32. The molecule has 1 saturated heterocycles. The summed E-state index contributed by atoms with van der Waals surface area (Å²) in [6, 6.07) is 19.1. The summed E-state index contributed by atoms with van der Waals surface area (Å²) in [6.45, 7) is 7.75. The Kier molecular flexibility index (Phi) is 9.08. The highest BCUT2D eigenvalue weighted by atomic mass is 35.5. The molecule has 3 aromatic rings. The van der Waals surface area contributed by atoms with E-state index in [0.717, 1.165) is 34.4 Å². The van der Waals surface area contributed by atoms with Crippen molar-refractivity contribution in [2.75, 3.05) is 35.9 Å². The first-order chi connectivity index (χ1) is 18.6. The maximum Gasteiger partial charge on any atom is 0.264 e. The topological polar surface area (TPSA) is 79.0 Å². The second-order valence-electron chi connectivity index (χ2n) is 10.2. The van der Waals surface area contributed by atoms with Crippen LogP contribution in [0.4, 0.5) is 11.4 Å². The first-order valence-corrected chi connectivity index (χ1v) is 15.0. The Morgan fingerprint density at radius 2 is 1.72 bits per heavy atom. The Balaban J connectivity index is 1.52. The summed E-state index contributed by atoms with van der Waals surface area (Å²) >= 11 is 6.32. The molecular formula is C30H36ClN3O4S. The third-order valence-electron chi connectivity index (χ3n) is 7.24. The van der Waals surface area contributed by atoms with Gasteiger partial charge in [0, 0.05) is 18.8 Å². The van der Waals surface area contributed by atoms with Gasteiger partial charge in [0.25, 0.3) is 10.0 Å². The lowest BCUT2D eigenvalue weighted by Crippen LogP contribution is -2.41. The summed E-state index contributed by atoms with van der Waals surface area (Å²) in [5, 5.41) is 3.20. The molecule has 1 amide bonds. The first-order valence-electron chi connectivity index (χ1n) is 13.2. The fourth-order valence-electron chi connectivity index (χ4n) is 4.70. The molecule has 0 radical (unpaired) electrons. The molecule has 1 aliphatic heterocycles. The zero-order valence-electron chi connectivity index (χ0n) is 22.9. The van der Waals surface area contributed by atoms with Crippen molar-refractivity contribution in [1.29, 1.82) is 0 Å². The van der Waals surface area contributed by atoms with Crippen LogP contribution in [0.1, 0.15) is 43.9 Å². The normalized spacial score (nSPS) is 15.1. The fraction of sp³-hybridized carbons (Fsp3) is 0.367. The number of benzene rings is 3. The first kappa shape index (κ1) is 28.8. The van der Waals surface area contributed by atoms with Gasteiger partial charge in [0.1, 0.15) is 12.3 Å². The Labute approximate surface area is 236 Å². The number of piperidine rings is 1. The van der Waals surface area contributed by atoms with Gasteiger partial charge < -0.3 is 15.0 Å². The van der Waals surface area contributed by atoms with E-state index in [2.05, 4.69) is 29.3 Å². The molecule has 1 heterocycles. The summed E-state index contributed by atoms with van der Waals surface area (Å²) in [5.41, 5.74) is 3.32. The Morgan fingerprint density at radius 3 is 2.31 bits per heavy atom.